The number of fused-ring (bicyclic) bond motifs is 1. The van der Waals surface area contributed by atoms with Crippen LogP contribution in [-0.4, -0.2) is 60.0 Å². The van der Waals surface area contributed by atoms with Gasteiger partial charge in [0.1, 0.15) is 24.1 Å². The van der Waals surface area contributed by atoms with Crippen LogP contribution in [0.15, 0.2) is 6.20 Å². The minimum Gasteiger partial charge on any atom is -0.394 e. The number of anilines is 1. The third-order valence-electron chi connectivity index (χ3n) is 3.21. The second-order valence-corrected chi connectivity index (χ2v) is 4.77. The van der Waals surface area contributed by atoms with Gasteiger partial charge in [-0.2, -0.15) is 10.1 Å². The Morgan fingerprint density at radius 2 is 2.10 bits per heavy atom. The van der Waals surface area contributed by atoms with Gasteiger partial charge in [0.05, 0.1) is 18.2 Å². The third-order valence-corrected chi connectivity index (χ3v) is 3.38. The predicted molar refractivity (Wildman–Crippen MR) is 67.8 cm³/mol. The van der Waals surface area contributed by atoms with Crippen molar-refractivity contribution >= 4 is 28.5 Å². The predicted octanol–water partition coefficient (Wildman–Crippen LogP) is -1.33. The van der Waals surface area contributed by atoms with Crippen LogP contribution in [0.3, 0.4) is 0 Å². The molecule has 20 heavy (non-hydrogen) atoms. The molecule has 0 radical (unpaired) electrons. The van der Waals surface area contributed by atoms with Crippen molar-refractivity contribution in [2.24, 2.45) is 0 Å². The van der Waals surface area contributed by atoms with E-state index in [1.807, 2.05) is 0 Å². The van der Waals surface area contributed by atoms with Gasteiger partial charge in [-0.3, -0.25) is 0 Å². The van der Waals surface area contributed by atoms with Gasteiger partial charge in [-0.1, -0.05) is 0 Å². The molecule has 0 saturated carbocycles. The zero-order valence-electron chi connectivity index (χ0n) is 10.1. The van der Waals surface area contributed by atoms with Gasteiger partial charge in [0, 0.05) is 0 Å². The first-order valence-electron chi connectivity index (χ1n) is 5.81. The van der Waals surface area contributed by atoms with Crippen molar-refractivity contribution < 1.29 is 20.1 Å². The molecule has 1 aliphatic heterocycles. The van der Waals surface area contributed by atoms with Crippen LogP contribution < -0.4 is 5.73 Å². The summed E-state index contributed by atoms with van der Waals surface area (Å²) in [5, 5.41) is 33.2. The zero-order chi connectivity index (χ0) is 14.4. The second kappa shape index (κ2) is 4.79. The molecule has 4 atom stereocenters. The molecule has 2 aromatic heterocycles. The first-order chi connectivity index (χ1) is 9.52. The fourth-order valence-corrected chi connectivity index (χ4v) is 2.36. The van der Waals surface area contributed by atoms with Crippen LogP contribution in [0, 0.1) is 0 Å². The van der Waals surface area contributed by atoms with Crippen molar-refractivity contribution in [2.75, 3.05) is 12.3 Å². The zero-order valence-corrected chi connectivity index (χ0v) is 10.8. The van der Waals surface area contributed by atoms with Crippen LogP contribution in [0.4, 0.5) is 5.82 Å². The number of ether oxygens (including phenoxy) is 1. The molecule has 1 saturated heterocycles. The highest BCUT2D eigenvalue weighted by Crippen LogP contribution is 2.31. The van der Waals surface area contributed by atoms with E-state index in [0.29, 0.717) is 5.39 Å². The van der Waals surface area contributed by atoms with E-state index < -0.39 is 31.1 Å². The number of nitrogens with zero attached hydrogens (tertiary/aromatic N) is 4. The summed E-state index contributed by atoms with van der Waals surface area (Å²) in [4.78, 5) is 7.78. The number of nitrogens with two attached hydrogens (primary N) is 1. The van der Waals surface area contributed by atoms with Crippen molar-refractivity contribution in [1.82, 2.24) is 19.7 Å². The van der Waals surface area contributed by atoms with E-state index in [2.05, 4.69) is 15.1 Å². The molecule has 0 spiro atoms. The highest BCUT2D eigenvalue weighted by molar-refractivity contribution is 6.28. The largest absolute Gasteiger partial charge is 0.394 e. The van der Waals surface area contributed by atoms with Gasteiger partial charge in [0.25, 0.3) is 0 Å². The molecule has 0 aliphatic carbocycles. The van der Waals surface area contributed by atoms with Crippen LogP contribution in [0.2, 0.25) is 5.28 Å². The van der Waals surface area contributed by atoms with Crippen molar-refractivity contribution in [3.8, 4) is 0 Å². The topological polar surface area (TPSA) is 140 Å². The standard InChI is InChI=1S/C10H12ClN5O4/c11-10-14-7(12)3-1-13-16(8(3)15-10)9-6(19)5(18)4(2-17)20-9/h1,4-6,9,17-19H,2H2,(H2,12,14,15)/t4-,5-,6-,9?/m1/s1. The van der Waals surface area contributed by atoms with Crippen molar-refractivity contribution in [3.05, 3.63) is 11.5 Å². The van der Waals surface area contributed by atoms with Gasteiger partial charge >= 0.3 is 0 Å². The molecule has 5 N–H and O–H groups in total. The Bertz CT molecular complexity index is 650. The number of nitrogen functional groups attached to an aromatic ring is 1. The van der Waals surface area contributed by atoms with Crippen molar-refractivity contribution in [1.29, 1.82) is 0 Å². The Hall–Kier alpha value is -1.52. The first kappa shape index (κ1) is 13.5. The fraction of sp³-hybridized carbons (Fsp3) is 0.500. The summed E-state index contributed by atoms with van der Waals surface area (Å²) >= 11 is 5.74. The third kappa shape index (κ3) is 1.91. The molecule has 10 heteroatoms. The van der Waals surface area contributed by atoms with Gasteiger partial charge in [-0.25, -0.2) is 9.67 Å². The average Bonchev–Trinajstić information content (AvgIpc) is 2.93. The Morgan fingerprint density at radius 3 is 2.75 bits per heavy atom. The molecule has 1 unspecified atom stereocenters. The summed E-state index contributed by atoms with van der Waals surface area (Å²) in [6, 6.07) is 0. The van der Waals surface area contributed by atoms with Crippen molar-refractivity contribution in [2.45, 2.75) is 24.5 Å². The molecule has 0 amide bonds. The summed E-state index contributed by atoms with van der Waals surface area (Å²) in [6.45, 7) is -0.425. The highest BCUT2D eigenvalue weighted by Gasteiger charge is 2.44. The molecular weight excluding hydrogens is 290 g/mol. The van der Waals surface area contributed by atoms with Crippen LogP contribution in [0.25, 0.3) is 11.0 Å². The Morgan fingerprint density at radius 1 is 1.35 bits per heavy atom. The SMILES string of the molecule is Nc1nc(Cl)nc2c1cnn2C1O[C@H](CO)[C@@H](O)[C@H]1O. The number of hydrogen-bond acceptors (Lipinski definition) is 8. The monoisotopic (exact) mass is 301 g/mol. The van der Waals surface area contributed by atoms with E-state index in [0.717, 1.165) is 0 Å². The van der Waals surface area contributed by atoms with Crippen LogP contribution in [0.5, 0.6) is 0 Å². The lowest BCUT2D eigenvalue weighted by Gasteiger charge is -2.15. The molecule has 0 bridgehead atoms. The van der Waals surface area contributed by atoms with Gasteiger partial charge in [0.2, 0.25) is 5.28 Å². The molecule has 1 fully saturated rings. The lowest BCUT2D eigenvalue weighted by molar-refractivity contribution is -0.0566. The summed E-state index contributed by atoms with van der Waals surface area (Å²) < 4.78 is 6.63. The number of aliphatic hydroxyl groups excluding tert-OH is 3. The lowest BCUT2D eigenvalue weighted by atomic mass is 10.1. The molecule has 3 heterocycles. The second-order valence-electron chi connectivity index (χ2n) is 4.43. The molecule has 2 aromatic rings. The molecule has 3 rings (SSSR count). The Balaban J connectivity index is 2.07. The normalized spacial score (nSPS) is 30.2. The van der Waals surface area contributed by atoms with Crippen LogP contribution in [-0.2, 0) is 4.74 Å². The summed E-state index contributed by atoms with van der Waals surface area (Å²) in [7, 11) is 0. The Labute approximate surface area is 117 Å². The molecular formula is C10H12ClN5O4. The summed E-state index contributed by atoms with van der Waals surface area (Å²) in [6.07, 6.45) is -2.96. The first-order valence-corrected chi connectivity index (χ1v) is 6.19. The van der Waals surface area contributed by atoms with Gasteiger partial charge in [0.15, 0.2) is 11.9 Å². The van der Waals surface area contributed by atoms with E-state index in [1.165, 1.54) is 10.9 Å². The highest BCUT2D eigenvalue weighted by atomic mass is 35.5. The van der Waals surface area contributed by atoms with Crippen molar-refractivity contribution in [3.63, 3.8) is 0 Å². The molecule has 0 aromatic carbocycles. The van der Waals surface area contributed by atoms with Gasteiger partial charge < -0.3 is 25.8 Å². The average molecular weight is 302 g/mol. The maximum Gasteiger partial charge on any atom is 0.226 e. The number of aliphatic hydroxyl groups is 3. The van der Waals surface area contributed by atoms with Gasteiger partial charge in [-0.05, 0) is 11.6 Å². The summed E-state index contributed by atoms with van der Waals surface area (Å²) in [5.41, 5.74) is 5.98. The Kier molecular flexibility index (Phi) is 3.22. The smallest absolute Gasteiger partial charge is 0.226 e. The molecule has 108 valence electrons. The van der Waals surface area contributed by atoms with E-state index in [-0.39, 0.29) is 16.7 Å². The quantitative estimate of drug-likeness (QED) is 0.500. The maximum atomic E-state index is 9.97. The number of halogens is 1. The molecule has 1 aliphatic rings. The van der Waals surface area contributed by atoms with E-state index in [9.17, 15) is 10.2 Å². The van der Waals surface area contributed by atoms with Crippen LogP contribution >= 0.6 is 11.6 Å². The van der Waals surface area contributed by atoms with E-state index in [1.54, 1.807) is 0 Å². The number of aromatic nitrogens is 4. The number of hydrogen-bond donors (Lipinski definition) is 4. The maximum absolute atomic E-state index is 9.97. The fourth-order valence-electron chi connectivity index (χ4n) is 2.19. The minimum atomic E-state index is -1.26. The van der Waals surface area contributed by atoms with Gasteiger partial charge in [-0.15, -0.1) is 0 Å². The lowest BCUT2D eigenvalue weighted by Crippen LogP contribution is -2.33. The van der Waals surface area contributed by atoms with E-state index in [4.69, 9.17) is 27.2 Å². The van der Waals surface area contributed by atoms with Crippen LogP contribution in [0.1, 0.15) is 6.23 Å². The minimum absolute atomic E-state index is 0.0662. The summed E-state index contributed by atoms with van der Waals surface area (Å²) in [5.74, 6) is 0.151. The number of rotatable bonds is 2. The molecule has 9 nitrogen and oxygen atoms in total. The van der Waals surface area contributed by atoms with E-state index >= 15 is 0 Å².